The van der Waals surface area contributed by atoms with Crippen molar-refractivity contribution in [2.45, 2.75) is 38.5 Å². The quantitative estimate of drug-likeness (QED) is 0.384. The van der Waals surface area contributed by atoms with Gasteiger partial charge in [-0.3, -0.25) is 4.79 Å². The van der Waals surface area contributed by atoms with Crippen LogP contribution in [0.15, 0.2) is 65.6 Å². The van der Waals surface area contributed by atoms with Crippen LogP contribution < -0.4 is 14.8 Å². The minimum atomic E-state index is -3.90. The fourth-order valence-corrected chi connectivity index (χ4v) is 6.29. The largest absolute Gasteiger partial charge is 0.493 e. The highest BCUT2D eigenvalue weighted by Crippen LogP contribution is 2.28. The van der Waals surface area contributed by atoms with Crippen molar-refractivity contribution >= 4 is 15.9 Å². The Morgan fingerprint density at radius 2 is 1.49 bits per heavy atom. The van der Waals surface area contributed by atoms with Gasteiger partial charge in [0.15, 0.2) is 11.5 Å². The smallest absolute Gasteiger partial charge is 0.244 e. The van der Waals surface area contributed by atoms with Gasteiger partial charge in [-0.2, -0.15) is 4.31 Å². The van der Waals surface area contributed by atoms with Gasteiger partial charge >= 0.3 is 0 Å². The summed E-state index contributed by atoms with van der Waals surface area (Å²) < 4.78 is 39.5. The molecule has 0 aromatic heterocycles. The van der Waals surface area contributed by atoms with E-state index in [9.17, 15) is 13.2 Å². The molecule has 1 N–H and O–H groups in total. The number of hydrogen-bond donors (Lipinski definition) is 1. The lowest BCUT2D eigenvalue weighted by Gasteiger charge is -2.24. The summed E-state index contributed by atoms with van der Waals surface area (Å²) in [6, 6.07) is 19.0. The number of benzene rings is 3. The lowest BCUT2D eigenvalue weighted by atomic mass is 10.1. The van der Waals surface area contributed by atoms with Crippen LogP contribution in [0.3, 0.4) is 0 Å². The summed E-state index contributed by atoms with van der Waals surface area (Å²) in [4.78, 5) is 13.2. The van der Waals surface area contributed by atoms with Crippen LogP contribution in [-0.2, 0) is 27.7 Å². The number of carbonyl (C=O) groups excluding carboxylic acids is 1. The highest BCUT2D eigenvalue weighted by molar-refractivity contribution is 7.89. The van der Waals surface area contributed by atoms with Gasteiger partial charge < -0.3 is 14.8 Å². The molecule has 0 radical (unpaired) electrons. The van der Waals surface area contributed by atoms with E-state index in [1.54, 1.807) is 28.1 Å². The van der Waals surface area contributed by atoms with E-state index >= 15 is 0 Å². The van der Waals surface area contributed by atoms with Crippen LogP contribution in [0.2, 0.25) is 0 Å². The van der Waals surface area contributed by atoms with Crippen LogP contribution in [0, 0.1) is 20.8 Å². The van der Waals surface area contributed by atoms with E-state index in [0.717, 1.165) is 16.7 Å². The number of rotatable bonds is 12. The van der Waals surface area contributed by atoms with Crippen LogP contribution in [0.5, 0.6) is 11.5 Å². The Hall–Kier alpha value is -3.36. The van der Waals surface area contributed by atoms with Crippen molar-refractivity contribution in [2.24, 2.45) is 0 Å². The van der Waals surface area contributed by atoms with Gasteiger partial charge in [0.1, 0.15) is 0 Å². The zero-order valence-corrected chi connectivity index (χ0v) is 23.0. The predicted molar refractivity (Wildman–Crippen MR) is 146 cm³/mol. The van der Waals surface area contributed by atoms with Gasteiger partial charge in [-0.1, -0.05) is 54.1 Å². The van der Waals surface area contributed by atoms with Crippen molar-refractivity contribution in [1.29, 1.82) is 0 Å². The van der Waals surface area contributed by atoms with Crippen molar-refractivity contribution in [1.82, 2.24) is 9.62 Å². The number of carbonyl (C=O) groups is 1. The standard InChI is InChI=1S/C29H36N2O5S/c1-21-17-22(2)29(23(3)18-21)37(33,34)31(16-14-24-9-7-6-8-10-24)20-28(32)30-15-13-25-11-12-26(35-4)27(19-25)36-5/h6-12,17-19H,13-16,20H2,1-5H3,(H,30,32). The molecule has 198 valence electrons. The van der Waals surface area contributed by atoms with E-state index in [2.05, 4.69) is 5.32 Å². The Morgan fingerprint density at radius 1 is 0.838 bits per heavy atom. The van der Waals surface area contributed by atoms with Crippen molar-refractivity contribution in [3.8, 4) is 11.5 Å². The first-order chi connectivity index (χ1) is 17.6. The minimum Gasteiger partial charge on any atom is -0.493 e. The molecule has 0 spiro atoms. The maximum atomic E-state index is 13.8. The highest BCUT2D eigenvalue weighted by Gasteiger charge is 2.29. The van der Waals surface area contributed by atoms with Crippen molar-refractivity contribution in [3.63, 3.8) is 0 Å². The van der Waals surface area contributed by atoms with Crippen LogP contribution >= 0.6 is 0 Å². The number of hydrogen-bond acceptors (Lipinski definition) is 5. The lowest BCUT2D eigenvalue weighted by Crippen LogP contribution is -2.42. The number of methoxy groups -OCH3 is 2. The lowest BCUT2D eigenvalue weighted by molar-refractivity contribution is -0.121. The van der Waals surface area contributed by atoms with Gasteiger partial charge in [-0.15, -0.1) is 0 Å². The molecule has 8 heteroatoms. The van der Waals surface area contributed by atoms with Crippen molar-refractivity contribution in [3.05, 3.63) is 88.5 Å². The molecule has 0 unspecified atom stereocenters. The second-order valence-corrected chi connectivity index (χ2v) is 11.0. The topological polar surface area (TPSA) is 84.9 Å². The van der Waals surface area contributed by atoms with E-state index < -0.39 is 10.0 Å². The Kier molecular flexibility index (Phi) is 9.72. The number of amides is 1. The van der Waals surface area contributed by atoms with Crippen LogP contribution in [-0.4, -0.2) is 52.5 Å². The Balaban J connectivity index is 1.74. The number of ether oxygens (including phenoxy) is 2. The second-order valence-electron chi connectivity index (χ2n) is 9.09. The Labute approximate surface area is 220 Å². The van der Waals surface area contributed by atoms with Crippen LogP contribution in [0.4, 0.5) is 0 Å². The van der Waals surface area contributed by atoms with E-state index in [4.69, 9.17) is 9.47 Å². The Bertz CT molecular complexity index is 1300. The zero-order chi connectivity index (χ0) is 27.0. The molecule has 37 heavy (non-hydrogen) atoms. The average Bonchev–Trinajstić information content (AvgIpc) is 2.86. The molecule has 0 saturated heterocycles. The third-order valence-electron chi connectivity index (χ3n) is 6.20. The fraction of sp³-hybridized carbons (Fsp3) is 0.345. The van der Waals surface area contributed by atoms with E-state index in [0.29, 0.717) is 42.0 Å². The molecule has 0 saturated carbocycles. The number of sulfonamides is 1. The molecule has 3 aromatic rings. The predicted octanol–water partition coefficient (Wildman–Crippen LogP) is 4.22. The minimum absolute atomic E-state index is 0.197. The van der Waals surface area contributed by atoms with Gasteiger partial charge in [-0.25, -0.2) is 8.42 Å². The third kappa shape index (κ3) is 7.33. The van der Waals surface area contributed by atoms with Gasteiger partial charge in [0.05, 0.1) is 25.7 Å². The molecule has 3 aromatic carbocycles. The molecule has 0 aliphatic heterocycles. The van der Waals surface area contributed by atoms with Crippen molar-refractivity contribution < 1.29 is 22.7 Å². The summed E-state index contributed by atoms with van der Waals surface area (Å²) in [7, 11) is -0.743. The Morgan fingerprint density at radius 3 is 2.11 bits per heavy atom. The molecule has 0 aliphatic carbocycles. The van der Waals surface area contributed by atoms with Gasteiger partial charge in [0.2, 0.25) is 15.9 Å². The summed E-state index contributed by atoms with van der Waals surface area (Å²) in [5.74, 6) is 0.907. The SMILES string of the molecule is COc1ccc(CCNC(=O)CN(CCc2ccccc2)S(=O)(=O)c2c(C)cc(C)cc2C)cc1OC. The first-order valence-electron chi connectivity index (χ1n) is 12.2. The summed E-state index contributed by atoms with van der Waals surface area (Å²) >= 11 is 0. The maximum Gasteiger partial charge on any atom is 0.244 e. The summed E-state index contributed by atoms with van der Waals surface area (Å²) in [5.41, 5.74) is 4.33. The molecular formula is C29H36N2O5S. The molecule has 1 amide bonds. The van der Waals surface area contributed by atoms with Crippen LogP contribution in [0.25, 0.3) is 0 Å². The number of nitrogens with one attached hydrogen (secondary N) is 1. The van der Waals surface area contributed by atoms with E-state index in [1.807, 2.05) is 67.6 Å². The summed E-state index contributed by atoms with van der Waals surface area (Å²) in [6.45, 7) is 5.84. The van der Waals surface area contributed by atoms with Crippen LogP contribution in [0.1, 0.15) is 27.8 Å². The molecule has 0 atom stereocenters. The van der Waals surface area contributed by atoms with Gasteiger partial charge in [0, 0.05) is 13.1 Å². The van der Waals surface area contributed by atoms with Gasteiger partial charge in [0.25, 0.3) is 0 Å². The molecule has 7 nitrogen and oxygen atoms in total. The molecule has 0 bridgehead atoms. The zero-order valence-electron chi connectivity index (χ0n) is 22.2. The molecule has 0 fully saturated rings. The molecule has 3 rings (SSSR count). The van der Waals surface area contributed by atoms with Crippen molar-refractivity contribution in [2.75, 3.05) is 33.9 Å². The number of aryl methyl sites for hydroxylation is 3. The first kappa shape index (κ1) is 28.2. The number of nitrogens with zero attached hydrogens (tertiary/aromatic N) is 1. The van der Waals surface area contributed by atoms with E-state index in [1.165, 1.54) is 4.31 Å². The third-order valence-corrected chi connectivity index (χ3v) is 8.35. The molecule has 0 aliphatic rings. The first-order valence-corrected chi connectivity index (χ1v) is 13.7. The maximum absolute atomic E-state index is 13.8. The van der Waals surface area contributed by atoms with E-state index in [-0.39, 0.29) is 23.9 Å². The monoisotopic (exact) mass is 524 g/mol. The molecule has 0 heterocycles. The second kappa shape index (κ2) is 12.7. The normalized spacial score (nSPS) is 11.4. The summed E-state index contributed by atoms with van der Waals surface area (Å²) in [6.07, 6.45) is 1.07. The summed E-state index contributed by atoms with van der Waals surface area (Å²) in [5, 5.41) is 2.87. The fourth-order valence-electron chi connectivity index (χ4n) is 4.48. The average molecular weight is 525 g/mol. The highest BCUT2D eigenvalue weighted by atomic mass is 32.2. The van der Waals surface area contributed by atoms with Gasteiger partial charge in [-0.05, 0) is 68.0 Å². The molecular weight excluding hydrogens is 488 g/mol.